The molecule has 0 amide bonds. The molecule has 0 unspecified atom stereocenters. The maximum Gasteiger partial charge on any atom is 0.101 e. The molecule has 1 saturated carbocycles. The van der Waals surface area contributed by atoms with E-state index in [9.17, 15) is 0 Å². The quantitative estimate of drug-likeness (QED) is 0.809. The second-order valence-electron chi connectivity index (χ2n) is 6.87. The van der Waals surface area contributed by atoms with Crippen molar-refractivity contribution < 1.29 is 0 Å². The van der Waals surface area contributed by atoms with Gasteiger partial charge in [0, 0.05) is 11.7 Å². The van der Waals surface area contributed by atoms with Gasteiger partial charge < -0.3 is 5.32 Å². The summed E-state index contributed by atoms with van der Waals surface area (Å²) >= 11 is 6.07. The lowest BCUT2D eigenvalue weighted by atomic mass is 9.71. The van der Waals surface area contributed by atoms with Crippen LogP contribution in [-0.2, 0) is 0 Å². The maximum absolute atomic E-state index is 8.88. The van der Waals surface area contributed by atoms with Gasteiger partial charge in [-0.3, -0.25) is 0 Å². The highest BCUT2D eigenvalue weighted by Crippen LogP contribution is 2.38. The zero-order valence-electron chi connectivity index (χ0n) is 12.5. The molecule has 3 heteroatoms. The molecule has 1 fully saturated rings. The molecule has 0 heterocycles. The third-order valence-electron chi connectivity index (χ3n) is 4.41. The second kappa shape index (κ2) is 6.06. The molecule has 2 rings (SSSR count). The Kier molecular flexibility index (Phi) is 4.60. The molecule has 0 bridgehead atoms. The summed E-state index contributed by atoms with van der Waals surface area (Å²) in [4.78, 5) is 0. The highest BCUT2D eigenvalue weighted by molar-refractivity contribution is 6.32. The van der Waals surface area contributed by atoms with E-state index in [1.54, 1.807) is 6.07 Å². The first-order valence-corrected chi connectivity index (χ1v) is 7.74. The minimum absolute atomic E-state index is 0.419. The van der Waals surface area contributed by atoms with E-state index >= 15 is 0 Å². The number of nitriles is 1. The Morgan fingerprint density at radius 3 is 2.35 bits per heavy atom. The van der Waals surface area contributed by atoms with Gasteiger partial charge in [0.2, 0.25) is 0 Å². The minimum Gasteiger partial charge on any atom is -0.382 e. The van der Waals surface area contributed by atoms with Crippen molar-refractivity contribution >= 4 is 17.3 Å². The first-order valence-electron chi connectivity index (χ1n) is 7.36. The highest BCUT2D eigenvalue weighted by atomic mass is 35.5. The van der Waals surface area contributed by atoms with Crippen LogP contribution in [0.5, 0.6) is 0 Å². The van der Waals surface area contributed by atoms with Gasteiger partial charge in [0.25, 0.3) is 0 Å². The minimum atomic E-state index is 0.419. The van der Waals surface area contributed by atoms with Crippen LogP contribution in [0.1, 0.15) is 52.0 Å². The van der Waals surface area contributed by atoms with E-state index in [-0.39, 0.29) is 0 Å². The molecule has 0 radical (unpaired) electrons. The van der Waals surface area contributed by atoms with E-state index in [1.165, 1.54) is 25.7 Å². The SMILES string of the molecule is CC(C)(C)C1CCC(Nc2ccc(C#N)c(Cl)c2)CC1. The molecule has 0 aliphatic heterocycles. The number of hydrogen-bond donors (Lipinski definition) is 1. The smallest absolute Gasteiger partial charge is 0.101 e. The molecule has 1 N–H and O–H groups in total. The average molecular weight is 291 g/mol. The first-order chi connectivity index (χ1) is 9.40. The maximum atomic E-state index is 8.88. The molecule has 1 aromatic rings. The summed E-state index contributed by atoms with van der Waals surface area (Å²) in [6.45, 7) is 7.02. The molecule has 108 valence electrons. The van der Waals surface area contributed by atoms with E-state index in [1.807, 2.05) is 12.1 Å². The predicted octanol–water partition coefficient (Wildman–Crippen LogP) is 5.23. The first kappa shape index (κ1) is 15.2. The van der Waals surface area contributed by atoms with Crippen molar-refractivity contribution in [3.8, 4) is 6.07 Å². The number of halogens is 1. The second-order valence-corrected chi connectivity index (χ2v) is 7.27. The van der Waals surface area contributed by atoms with Gasteiger partial charge in [-0.2, -0.15) is 5.26 Å². The molecular weight excluding hydrogens is 268 g/mol. The fourth-order valence-electron chi connectivity index (χ4n) is 3.04. The van der Waals surface area contributed by atoms with Crippen molar-refractivity contribution in [2.24, 2.45) is 11.3 Å². The fraction of sp³-hybridized carbons (Fsp3) is 0.588. The van der Waals surface area contributed by atoms with E-state index in [0.29, 0.717) is 22.0 Å². The molecule has 0 spiro atoms. The third-order valence-corrected chi connectivity index (χ3v) is 4.72. The Morgan fingerprint density at radius 1 is 1.20 bits per heavy atom. The molecule has 0 saturated heterocycles. The van der Waals surface area contributed by atoms with Crippen molar-refractivity contribution in [3.05, 3.63) is 28.8 Å². The van der Waals surface area contributed by atoms with Gasteiger partial charge in [-0.1, -0.05) is 32.4 Å². The van der Waals surface area contributed by atoms with E-state index in [0.717, 1.165) is 11.6 Å². The van der Waals surface area contributed by atoms with E-state index in [4.69, 9.17) is 16.9 Å². The summed E-state index contributed by atoms with van der Waals surface area (Å²) < 4.78 is 0. The summed E-state index contributed by atoms with van der Waals surface area (Å²) in [5.41, 5.74) is 1.98. The van der Waals surface area contributed by atoms with Crippen LogP contribution in [0.3, 0.4) is 0 Å². The standard InChI is InChI=1S/C17H23ClN2/c1-17(2,3)13-5-8-14(9-6-13)20-15-7-4-12(11-19)16(18)10-15/h4,7,10,13-14,20H,5-6,8-9H2,1-3H3. The van der Waals surface area contributed by atoms with Crippen LogP contribution in [0.25, 0.3) is 0 Å². The number of nitrogens with zero attached hydrogens (tertiary/aromatic N) is 1. The van der Waals surface area contributed by atoms with Crippen LogP contribution in [0.15, 0.2) is 18.2 Å². The molecule has 1 aliphatic rings. The van der Waals surface area contributed by atoms with Crippen molar-refractivity contribution in [2.45, 2.75) is 52.5 Å². The Balaban J connectivity index is 1.93. The van der Waals surface area contributed by atoms with Crippen LogP contribution < -0.4 is 5.32 Å². The lowest BCUT2D eigenvalue weighted by molar-refractivity contribution is 0.173. The summed E-state index contributed by atoms with van der Waals surface area (Å²) in [5, 5.41) is 13.0. The average Bonchev–Trinajstić information content (AvgIpc) is 2.38. The largest absolute Gasteiger partial charge is 0.382 e. The van der Waals surface area contributed by atoms with Gasteiger partial charge in [0.15, 0.2) is 0 Å². The molecule has 1 aromatic carbocycles. The van der Waals surface area contributed by atoms with Crippen molar-refractivity contribution in [1.29, 1.82) is 5.26 Å². The van der Waals surface area contributed by atoms with Crippen LogP contribution in [0.2, 0.25) is 5.02 Å². The van der Waals surface area contributed by atoms with Gasteiger partial charge in [-0.15, -0.1) is 0 Å². The van der Waals surface area contributed by atoms with E-state index < -0.39 is 0 Å². The van der Waals surface area contributed by atoms with Gasteiger partial charge >= 0.3 is 0 Å². The zero-order valence-corrected chi connectivity index (χ0v) is 13.3. The molecule has 1 aliphatic carbocycles. The topological polar surface area (TPSA) is 35.8 Å². The predicted molar refractivity (Wildman–Crippen MR) is 85.0 cm³/mol. The normalized spacial score (nSPS) is 23.1. The van der Waals surface area contributed by atoms with Gasteiger partial charge in [-0.25, -0.2) is 0 Å². The van der Waals surface area contributed by atoms with Crippen molar-refractivity contribution in [3.63, 3.8) is 0 Å². The molecular formula is C17H23ClN2. The molecule has 2 nitrogen and oxygen atoms in total. The molecule has 0 atom stereocenters. The fourth-order valence-corrected chi connectivity index (χ4v) is 3.26. The Bertz CT molecular complexity index is 503. The number of rotatable bonds is 2. The van der Waals surface area contributed by atoms with E-state index in [2.05, 4.69) is 32.2 Å². The van der Waals surface area contributed by atoms with Gasteiger partial charge in [-0.05, 0) is 55.2 Å². The van der Waals surface area contributed by atoms with Crippen LogP contribution >= 0.6 is 11.6 Å². The summed E-state index contributed by atoms with van der Waals surface area (Å²) in [5.74, 6) is 0.824. The Hall–Kier alpha value is -1.20. The van der Waals surface area contributed by atoms with Gasteiger partial charge in [0.05, 0.1) is 10.6 Å². The molecule has 0 aromatic heterocycles. The number of hydrogen-bond acceptors (Lipinski definition) is 2. The summed E-state index contributed by atoms with van der Waals surface area (Å²) in [6.07, 6.45) is 4.98. The van der Waals surface area contributed by atoms with Gasteiger partial charge in [0.1, 0.15) is 6.07 Å². The van der Waals surface area contributed by atoms with Crippen molar-refractivity contribution in [2.75, 3.05) is 5.32 Å². The Morgan fingerprint density at radius 2 is 1.85 bits per heavy atom. The summed E-state index contributed by atoms with van der Waals surface area (Å²) in [7, 11) is 0. The lowest BCUT2D eigenvalue weighted by Gasteiger charge is -2.37. The summed E-state index contributed by atoms with van der Waals surface area (Å²) in [6, 6.07) is 8.20. The number of benzene rings is 1. The number of nitrogens with one attached hydrogen (secondary N) is 1. The highest BCUT2D eigenvalue weighted by Gasteiger charge is 2.29. The number of anilines is 1. The van der Waals surface area contributed by atoms with Crippen LogP contribution in [0, 0.1) is 22.7 Å². The third kappa shape index (κ3) is 3.67. The zero-order chi connectivity index (χ0) is 14.8. The van der Waals surface area contributed by atoms with Crippen LogP contribution in [-0.4, -0.2) is 6.04 Å². The monoisotopic (exact) mass is 290 g/mol. The molecule has 20 heavy (non-hydrogen) atoms. The Labute approximate surface area is 127 Å². The van der Waals surface area contributed by atoms with Crippen LogP contribution in [0.4, 0.5) is 5.69 Å². The van der Waals surface area contributed by atoms with Crippen molar-refractivity contribution in [1.82, 2.24) is 0 Å². The lowest BCUT2D eigenvalue weighted by Crippen LogP contribution is -2.31.